The molecule has 0 saturated heterocycles. The van der Waals surface area contributed by atoms with Gasteiger partial charge in [0, 0.05) is 6.04 Å². The van der Waals surface area contributed by atoms with Crippen LogP contribution in [0, 0.1) is 11.8 Å². The van der Waals surface area contributed by atoms with Gasteiger partial charge in [-0.25, -0.2) is 4.98 Å². The normalized spacial score (nSPS) is 27.4. The number of carbonyl (C=O) groups excluding carboxylic acids is 1. The van der Waals surface area contributed by atoms with Gasteiger partial charge in [-0.15, -0.1) is 0 Å². The summed E-state index contributed by atoms with van der Waals surface area (Å²) in [5, 5.41) is 3.19. The van der Waals surface area contributed by atoms with Gasteiger partial charge < -0.3 is 5.32 Å². The molecule has 4 nitrogen and oxygen atoms in total. The summed E-state index contributed by atoms with van der Waals surface area (Å²) in [4.78, 5) is 21.3. The van der Waals surface area contributed by atoms with Crippen molar-refractivity contribution in [3.8, 4) is 0 Å². The second kappa shape index (κ2) is 6.26. The molecular formula is C19H23N3O. The fourth-order valence-corrected chi connectivity index (χ4v) is 4.33. The Balaban J connectivity index is 1.44. The van der Waals surface area contributed by atoms with Crippen molar-refractivity contribution in [1.29, 1.82) is 0 Å². The summed E-state index contributed by atoms with van der Waals surface area (Å²) in [6, 6.07) is 7.96. The molecule has 1 aromatic heterocycles. The van der Waals surface area contributed by atoms with Crippen LogP contribution in [-0.4, -0.2) is 21.9 Å². The standard InChI is InChI=1S/C19H23N3O/c23-19(18-12-20-16-7-3-4-8-17(16)22-18)21-15-10-9-13-5-1-2-6-14(13)11-15/h3-4,7-8,12-15H,1-2,5-6,9-11H2,(H,21,23). The molecule has 4 heteroatoms. The van der Waals surface area contributed by atoms with Gasteiger partial charge in [-0.1, -0.05) is 37.8 Å². The van der Waals surface area contributed by atoms with Gasteiger partial charge in [0.05, 0.1) is 17.2 Å². The highest BCUT2D eigenvalue weighted by atomic mass is 16.1. The number of hydrogen-bond donors (Lipinski definition) is 1. The Morgan fingerprint density at radius 1 is 1.00 bits per heavy atom. The minimum Gasteiger partial charge on any atom is -0.348 e. The van der Waals surface area contributed by atoms with Crippen molar-refractivity contribution in [1.82, 2.24) is 15.3 Å². The van der Waals surface area contributed by atoms with E-state index in [-0.39, 0.29) is 5.91 Å². The monoisotopic (exact) mass is 309 g/mol. The van der Waals surface area contributed by atoms with Gasteiger partial charge in [0.1, 0.15) is 5.69 Å². The third kappa shape index (κ3) is 3.07. The number of nitrogens with one attached hydrogen (secondary N) is 1. The molecule has 2 fully saturated rings. The summed E-state index contributed by atoms with van der Waals surface area (Å²) < 4.78 is 0. The average molecular weight is 309 g/mol. The highest BCUT2D eigenvalue weighted by Gasteiger charge is 2.32. The van der Waals surface area contributed by atoms with Crippen molar-refractivity contribution in [3.63, 3.8) is 0 Å². The lowest BCUT2D eigenvalue weighted by Gasteiger charge is -2.39. The van der Waals surface area contributed by atoms with Crippen LogP contribution in [0.3, 0.4) is 0 Å². The van der Waals surface area contributed by atoms with Crippen LogP contribution in [0.15, 0.2) is 30.5 Å². The molecule has 1 heterocycles. The van der Waals surface area contributed by atoms with Crippen molar-refractivity contribution in [2.75, 3.05) is 0 Å². The summed E-state index contributed by atoms with van der Waals surface area (Å²) >= 11 is 0. The first kappa shape index (κ1) is 14.6. The van der Waals surface area contributed by atoms with Crippen LogP contribution in [0.4, 0.5) is 0 Å². The van der Waals surface area contributed by atoms with E-state index in [2.05, 4.69) is 15.3 Å². The molecule has 0 aliphatic heterocycles. The molecule has 0 spiro atoms. The highest BCUT2D eigenvalue weighted by molar-refractivity contribution is 5.93. The lowest BCUT2D eigenvalue weighted by atomic mass is 9.69. The first-order valence-corrected chi connectivity index (χ1v) is 8.82. The Hall–Kier alpha value is -1.97. The van der Waals surface area contributed by atoms with Crippen molar-refractivity contribution >= 4 is 16.9 Å². The predicted octanol–water partition coefficient (Wildman–Crippen LogP) is 3.72. The fourth-order valence-electron chi connectivity index (χ4n) is 4.33. The van der Waals surface area contributed by atoms with Crippen LogP contribution in [0.5, 0.6) is 0 Å². The Morgan fingerprint density at radius 3 is 2.65 bits per heavy atom. The van der Waals surface area contributed by atoms with Gasteiger partial charge in [-0.3, -0.25) is 9.78 Å². The molecule has 23 heavy (non-hydrogen) atoms. The SMILES string of the molecule is O=C(NC1CCC2CCCCC2C1)c1cnc2ccccc2n1. The molecule has 2 aliphatic carbocycles. The summed E-state index contributed by atoms with van der Waals surface area (Å²) in [7, 11) is 0. The van der Waals surface area contributed by atoms with E-state index < -0.39 is 0 Å². The average Bonchev–Trinajstić information content (AvgIpc) is 2.61. The van der Waals surface area contributed by atoms with E-state index in [1.807, 2.05) is 24.3 Å². The van der Waals surface area contributed by atoms with Crippen LogP contribution in [0.25, 0.3) is 11.0 Å². The van der Waals surface area contributed by atoms with Gasteiger partial charge in [-0.05, 0) is 43.2 Å². The molecular weight excluding hydrogens is 286 g/mol. The largest absolute Gasteiger partial charge is 0.348 e. The minimum atomic E-state index is -0.0810. The van der Waals surface area contributed by atoms with E-state index in [0.29, 0.717) is 11.7 Å². The maximum absolute atomic E-state index is 12.5. The van der Waals surface area contributed by atoms with Crippen molar-refractivity contribution in [3.05, 3.63) is 36.2 Å². The second-order valence-corrected chi connectivity index (χ2v) is 7.03. The molecule has 1 aromatic carbocycles. The maximum atomic E-state index is 12.5. The molecule has 1 N–H and O–H groups in total. The number of carbonyl (C=O) groups is 1. The topological polar surface area (TPSA) is 54.9 Å². The van der Waals surface area contributed by atoms with Crippen molar-refractivity contribution in [2.45, 2.75) is 51.0 Å². The predicted molar refractivity (Wildman–Crippen MR) is 90.1 cm³/mol. The number of hydrogen-bond acceptors (Lipinski definition) is 3. The van der Waals surface area contributed by atoms with E-state index in [0.717, 1.165) is 35.7 Å². The number of rotatable bonds is 2. The van der Waals surface area contributed by atoms with Gasteiger partial charge >= 0.3 is 0 Å². The fraction of sp³-hybridized carbons (Fsp3) is 0.526. The molecule has 2 saturated carbocycles. The third-order valence-corrected chi connectivity index (χ3v) is 5.56. The Morgan fingerprint density at radius 2 is 1.78 bits per heavy atom. The van der Waals surface area contributed by atoms with Gasteiger partial charge in [0.25, 0.3) is 5.91 Å². The van der Waals surface area contributed by atoms with Crippen LogP contribution in [0.2, 0.25) is 0 Å². The summed E-state index contributed by atoms with van der Waals surface area (Å²) in [6.45, 7) is 0. The van der Waals surface area contributed by atoms with E-state index in [4.69, 9.17) is 0 Å². The molecule has 120 valence electrons. The highest BCUT2D eigenvalue weighted by Crippen LogP contribution is 2.40. The van der Waals surface area contributed by atoms with Gasteiger partial charge in [-0.2, -0.15) is 0 Å². The number of amides is 1. The van der Waals surface area contributed by atoms with Crippen LogP contribution < -0.4 is 5.32 Å². The summed E-state index contributed by atoms with van der Waals surface area (Å²) in [6.07, 6.45) is 10.6. The van der Waals surface area contributed by atoms with Crippen molar-refractivity contribution in [2.24, 2.45) is 11.8 Å². The number of para-hydroxylation sites is 2. The first-order valence-electron chi connectivity index (χ1n) is 8.82. The third-order valence-electron chi connectivity index (χ3n) is 5.56. The van der Waals surface area contributed by atoms with E-state index in [1.54, 1.807) is 6.20 Å². The zero-order valence-electron chi connectivity index (χ0n) is 13.4. The Labute approximate surface area is 136 Å². The maximum Gasteiger partial charge on any atom is 0.271 e. The van der Waals surface area contributed by atoms with E-state index in [9.17, 15) is 4.79 Å². The Kier molecular flexibility index (Phi) is 3.98. The molecule has 0 radical (unpaired) electrons. The molecule has 4 rings (SSSR count). The van der Waals surface area contributed by atoms with Crippen LogP contribution >= 0.6 is 0 Å². The molecule has 2 aromatic rings. The van der Waals surface area contributed by atoms with Gasteiger partial charge in [0.2, 0.25) is 0 Å². The zero-order valence-corrected chi connectivity index (χ0v) is 13.4. The molecule has 1 amide bonds. The van der Waals surface area contributed by atoms with Crippen molar-refractivity contribution < 1.29 is 4.79 Å². The number of nitrogens with zero attached hydrogens (tertiary/aromatic N) is 2. The van der Waals surface area contributed by atoms with Crippen LogP contribution in [0.1, 0.15) is 55.4 Å². The Bertz CT molecular complexity index is 715. The number of benzene rings is 1. The van der Waals surface area contributed by atoms with E-state index in [1.165, 1.54) is 32.1 Å². The first-order chi connectivity index (χ1) is 11.3. The van der Waals surface area contributed by atoms with Crippen LogP contribution in [-0.2, 0) is 0 Å². The second-order valence-electron chi connectivity index (χ2n) is 7.03. The molecule has 0 bridgehead atoms. The lowest BCUT2D eigenvalue weighted by molar-refractivity contribution is 0.0874. The van der Waals surface area contributed by atoms with E-state index >= 15 is 0 Å². The summed E-state index contributed by atoms with van der Waals surface area (Å²) in [5.41, 5.74) is 2.03. The number of aromatic nitrogens is 2. The number of fused-ring (bicyclic) bond motifs is 2. The molecule has 3 unspecified atom stereocenters. The minimum absolute atomic E-state index is 0.0810. The summed E-state index contributed by atoms with van der Waals surface area (Å²) in [5.74, 6) is 1.63. The molecule has 3 atom stereocenters. The van der Waals surface area contributed by atoms with Gasteiger partial charge in [0.15, 0.2) is 0 Å². The zero-order chi connectivity index (χ0) is 15.6. The quantitative estimate of drug-likeness (QED) is 0.920. The molecule has 2 aliphatic rings. The lowest BCUT2D eigenvalue weighted by Crippen LogP contribution is -2.41. The smallest absolute Gasteiger partial charge is 0.271 e.